The second kappa shape index (κ2) is 9.83. The van der Waals surface area contributed by atoms with Crippen LogP contribution in [0.1, 0.15) is 31.4 Å². The molecule has 0 aromatic carbocycles. The van der Waals surface area contributed by atoms with Crippen LogP contribution in [0.15, 0.2) is 22.9 Å². The number of anilines is 2. The SMILES string of the molecule is CC[C@H](C)N(CC(=O)Nc1sccc1C#N)CC(=O)Nc1sccc1C#N. The minimum Gasteiger partial charge on any atom is -0.315 e. The maximum Gasteiger partial charge on any atom is 0.239 e. The van der Waals surface area contributed by atoms with Crippen molar-refractivity contribution in [3.63, 3.8) is 0 Å². The Morgan fingerprint density at radius 2 is 1.48 bits per heavy atom. The van der Waals surface area contributed by atoms with Crippen LogP contribution < -0.4 is 10.6 Å². The maximum atomic E-state index is 12.4. The van der Waals surface area contributed by atoms with Crippen LogP contribution in [-0.2, 0) is 9.59 Å². The van der Waals surface area contributed by atoms with Gasteiger partial charge in [0.2, 0.25) is 11.8 Å². The molecule has 2 amide bonds. The molecule has 0 unspecified atom stereocenters. The zero-order valence-electron chi connectivity index (χ0n) is 15.0. The van der Waals surface area contributed by atoms with E-state index < -0.39 is 0 Å². The number of nitrogens with zero attached hydrogens (tertiary/aromatic N) is 3. The highest BCUT2D eigenvalue weighted by atomic mass is 32.1. The van der Waals surface area contributed by atoms with Gasteiger partial charge in [-0.25, -0.2) is 0 Å². The van der Waals surface area contributed by atoms with Crippen LogP contribution >= 0.6 is 22.7 Å². The average Bonchev–Trinajstić information content (AvgIpc) is 3.28. The van der Waals surface area contributed by atoms with Crippen molar-refractivity contribution in [2.75, 3.05) is 23.7 Å². The maximum absolute atomic E-state index is 12.4. The average molecular weight is 402 g/mol. The van der Waals surface area contributed by atoms with E-state index in [2.05, 4.69) is 10.6 Å². The first-order valence-electron chi connectivity index (χ1n) is 8.27. The lowest BCUT2D eigenvalue weighted by Crippen LogP contribution is -2.43. The molecule has 27 heavy (non-hydrogen) atoms. The van der Waals surface area contributed by atoms with Crippen molar-refractivity contribution >= 4 is 44.5 Å². The van der Waals surface area contributed by atoms with Crippen molar-refractivity contribution in [3.8, 4) is 12.1 Å². The molecule has 0 fully saturated rings. The lowest BCUT2D eigenvalue weighted by atomic mass is 10.2. The molecule has 2 N–H and O–H groups in total. The van der Waals surface area contributed by atoms with Crippen molar-refractivity contribution in [2.45, 2.75) is 26.3 Å². The molecule has 0 aliphatic rings. The highest BCUT2D eigenvalue weighted by Gasteiger charge is 2.21. The summed E-state index contributed by atoms with van der Waals surface area (Å²) in [6, 6.07) is 7.36. The van der Waals surface area contributed by atoms with Gasteiger partial charge in [-0.05, 0) is 36.2 Å². The van der Waals surface area contributed by atoms with Gasteiger partial charge in [0, 0.05) is 6.04 Å². The number of thiophene rings is 2. The monoisotopic (exact) mass is 401 g/mol. The summed E-state index contributed by atoms with van der Waals surface area (Å²) in [6.07, 6.45) is 0.769. The van der Waals surface area contributed by atoms with Crippen LogP contribution in [0.5, 0.6) is 0 Å². The van der Waals surface area contributed by atoms with Gasteiger partial charge in [0.05, 0.1) is 24.2 Å². The Bertz CT molecular complexity index is 822. The quantitative estimate of drug-likeness (QED) is 0.706. The fourth-order valence-electron chi connectivity index (χ4n) is 2.32. The Morgan fingerprint density at radius 1 is 1.04 bits per heavy atom. The Balaban J connectivity index is 2.00. The number of nitrogens with one attached hydrogen (secondary N) is 2. The van der Waals surface area contributed by atoms with E-state index in [9.17, 15) is 9.59 Å². The third-order valence-corrected chi connectivity index (χ3v) is 5.64. The first-order chi connectivity index (χ1) is 13.0. The van der Waals surface area contributed by atoms with Crippen molar-refractivity contribution in [1.82, 2.24) is 4.90 Å². The van der Waals surface area contributed by atoms with Gasteiger partial charge in [-0.1, -0.05) is 6.92 Å². The van der Waals surface area contributed by atoms with E-state index in [0.717, 1.165) is 6.42 Å². The molecule has 2 heterocycles. The Hall–Kier alpha value is -2.72. The van der Waals surface area contributed by atoms with Crippen molar-refractivity contribution < 1.29 is 9.59 Å². The molecule has 1 atom stereocenters. The molecule has 140 valence electrons. The Labute approximate surface area is 165 Å². The molecular weight excluding hydrogens is 382 g/mol. The summed E-state index contributed by atoms with van der Waals surface area (Å²) < 4.78 is 0. The zero-order valence-corrected chi connectivity index (χ0v) is 16.6. The van der Waals surface area contributed by atoms with Crippen molar-refractivity contribution in [3.05, 3.63) is 34.0 Å². The lowest BCUT2D eigenvalue weighted by Gasteiger charge is -2.27. The number of rotatable bonds is 8. The normalized spacial score (nSPS) is 11.4. The number of amides is 2. The predicted molar refractivity (Wildman–Crippen MR) is 107 cm³/mol. The van der Waals surface area contributed by atoms with E-state index in [4.69, 9.17) is 10.5 Å². The molecule has 2 aromatic rings. The first-order valence-corrected chi connectivity index (χ1v) is 10.0. The van der Waals surface area contributed by atoms with Gasteiger partial charge in [-0.2, -0.15) is 10.5 Å². The summed E-state index contributed by atoms with van der Waals surface area (Å²) in [5.41, 5.74) is 0.839. The van der Waals surface area contributed by atoms with Gasteiger partial charge >= 0.3 is 0 Å². The molecule has 9 heteroatoms. The number of carbonyl (C=O) groups is 2. The summed E-state index contributed by atoms with van der Waals surface area (Å²) in [5.74, 6) is -0.563. The predicted octanol–water partition coefficient (Wildman–Crippen LogP) is 3.23. The van der Waals surface area contributed by atoms with Gasteiger partial charge in [0.1, 0.15) is 22.1 Å². The third kappa shape index (κ3) is 5.63. The second-order valence-electron chi connectivity index (χ2n) is 5.81. The lowest BCUT2D eigenvalue weighted by molar-refractivity contribution is -0.120. The van der Waals surface area contributed by atoms with E-state index in [-0.39, 0.29) is 30.9 Å². The van der Waals surface area contributed by atoms with Crippen molar-refractivity contribution in [1.29, 1.82) is 10.5 Å². The molecule has 0 saturated carbocycles. The molecule has 0 bridgehead atoms. The fraction of sp³-hybridized carbons (Fsp3) is 0.333. The third-order valence-electron chi connectivity index (χ3n) is 3.98. The highest BCUT2D eigenvalue weighted by Crippen LogP contribution is 2.23. The molecule has 0 spiro atoms. The minimum absolute atomic E-state index is 0.0130. The van der Waals surface area contributed by atoms with Crippen molar-refractivity contribution in [2.24, 2.45) is 0 Å². The van der Waals surface area contributed by atoms with Gasteiger partial charge in [0.15, 0.2) is 0 Å². The summed E-state index contributed by atoms with van der Waals surface area (Å²) in [6.45, 7) is 3.98. The van der Waals surface area contributed by atoms with Gasteiger partial charge < -0.3 is 10.6 Å². The van der Waals surface area contributed by atoms with E-state index in [1.54, 1.807) is 27.8 Å². The second-order valence-corrected chi connectivity index (χ2v) is 7.64. The van der Waals surface area contributed by atoms with Crippen LogP contribution in [0.4, 0.5) is 10.0 Å². The Morgan fingerprint density at radius 3 is 1.85 bits per heavy atom. The van der Waals surface area contributed by atoms with Crippen LogP contribution in [0.2, 0.25) is 0 Å². The van der Waals surface area contributed by atoms with Crippen LogP contribution in [0.3, 0.4) is 0 Å². The fourth-order valence-corrected chi connectivity index (χ4v) is 3.82. The van der Waals surface area contributed by atoms with E-state index in [1.807, 2.05) is 26.0 Å². The smallest absolute Gasteiger partial charge is 0.239 e. The van der Waals surface area contributed by atoms with Gasteiger partial charge in [0.25, 0.3) is 0 Å². The summed E-state index contributed by atoms with van der Waals surface area (Å²) in [4.78, 5) is 26.5. The molecule has 0 aliphatic heterocycles. The summed E-state index contributed by atoms with van der Waals surface area (Å²) in [5, 5.41) is 28.0. The molecule has 7 nitrogen and oxygen atoms in total. The largest absolute Gasteiger partial charge is 0.315 e. The van der Waals surface area contributed by atoms with Crippen LogP contribution in [-0.4, -0.2) is 35.8 Å². The number of nitriles is 2. The summed E-state index contributed by atoms with van der Waals surface area (Å²) in [7, 11) is 0. The molecular formula is C18H19N5O2S2. The molecule has 2 rings (SSSR count). The zero-order chi connectivity index (χ0) is 19.8. The topological polar surface area (TPSA) is 109 Å². The Kier molecular flexibility index (Phi) is 7.50. The van der Waals surface area contributed by atoms with Gasteiger partial charge in [-0.15, -0.1) is 22.7 Å². The highest BCUT2D eigenvalue weighted by molar-refractivity contribution is 7.14. The van der Waals surface area contributed by atoms with Crippen LogP contribution in [0.25, 0.3) is 0 Å². The first kappa shape index (κ1) is 20.6. The summed E-state index contributed by atoms with van der Waals surface area (Å²) >= 11 is 2.57. The number of carbonyl (C=O) groups excluding carboxylic acids is 2. The van der Waals surface area contributed by atoms with E-state index >= 15 is 0 Å². The molecule has 0 aliphatic carbocycles. The van der Waals surface area contributed by atoms with E-state index in [0.29, 0.717) is 21.1 Å². The molecule has 2 aromatic heterocycles. The van der Waals surface area contributed by atoms with Gasteiger partial charge in [-0.3, -0.25) is 14.5 Å². The minimum atomic E-state index is -0.282. The standard InChI is InChI=1S/C18H19N5O2S2/c1-3-12(2)23(10-15(24)21-17-13(8-19)4-6-26-17)11-16(25)22-18-14(9-20)5-7-27-18/h4-7,12H,3,10-11H2,1-2H3,(H,21,24)(H,22,25)/t12-/m0/s1. The number of hydrogen-bond donors (Lipinski definition) is 2. The molecule has 0 radical (unpaired) electrons. The van der Waals surface area contributed by atoms with E-state index in [1.165, 1.54) is 22.7 Å². The number of hydrogen-bond acceptors (Lipinski definition) is 7. The molecule has 0 saturated heterocycles. The van der Waals surface area contributed by atoms with Crippen LogP contribution in [0, 0.1) is 22.7 Å².